The SMILES string of the molecule is N#CC1(CCc2ccccc2[N+](=O)[O-])CCOC1. The van der Waals surface area contributed by atoms with Crippen molar-refractivity contribution in [3.8, 4) is 6.07 Å². The van der Waals surface area contributed by atoms with Gasteiger partial charge in [-0.2, -0.15) is 5.26 Å². The van der Waals surface area contributed by atoms with Gasteiger partial charge in [-0.1, -0.05) is 18.2 Å². The number of rotatable bonds is 4. The van der Waals surface area contributed by atoms with Crippen LogP contribution >= 0.6 is 0 Å². The van der Waals surface area contributed by atoms with E-state index in [1.54, 1.807) is 18.2 Å². The molecule has 18 heavy (non-hydrogen) atoms. The van der Waals surface area contributed by atoms with Crippen LogP contribution in [0.4, 0.5) is 5.69 Å². The molecule has 1 aromatic carbocycles. The lowest BCUT2D eigenvalue weighted by Crippen LogP contribution is -2.19. The zero-order valence-electron chi connectivity index (χ0n) is 9.96. The van der Waals surface area contributed by atoms with Crippen LogP contribution in [0.15, 0.2) is 24.3 Å². The smallest absolute Gasteiger partial charge is 0.272 e. The van der Waals surface area contributed by atoms with E-state index in [4.69, 9.17) is 4.74 Å². The van der Waals surface area contributed by atoms with E-state index in [0.717, 1.165) is 0 Å². The molecule has 0 bridgehead atoms. The van der Waals surface area contributed by atoms with Gasteiger partial charge >= 0.3 is 0 Å². The summed E-state index contributed by atoms with van der Waals surface area (Å²) in [6.07, 6.45) is 1.85. The third-order valence-corrected chi connectivity index (χ3v) is 3.40. The Morgan fingerprint density at radius 2 is 2.28 bits per heavy atom. The summed E-state index contributed by atoms with van der Waals surface area (Å²) in [4.78, 5) is 10.5. The maximum absolute atomic E-state index is 10.9. The van der Waals surface area contributed by atoms with Gasteiger partial charge in [-0.25, -0.2) is 0 Å². The minimum absolute atomic E-state index is 0.129. The predicted molar refractivity (Wildman–Crippen MR) is 64.9 cm³/mol. The van der Waals surface area contributed by atoms with Gasteiger partial charge in [-0.05, 0) is 19.3 Å². The predicted octanol–water partition coefficient (Wildman–Crippen LogP) is 2.46. The molecule has 0 radical (unpaired) electrons. The Labute approximate surface area is 105 Å². The van der Waals surface area contributed by atoms with Crippen LogP contribution < -0.4 is 0 Å². The summed E-state index contributed by atoms with van der Waals surface area (Å²) in [6.45, 7) is 1.04. The average molecular weight is 246 g/mol. The summed E-state index contributed by atoms with van der Waals surface area (Å²) in [6, 6.07) is 8.99. The van der Waals surface area contributed by atoms with Gasteiger partial charge in [0.15, 0.2) is 0 Å². The fourth-order valence-corrected chi connectivity index (χ4v) is 2.22. The number of benzene rings is 1. The zero-order valence-corrected chi connectivity index (χ0v) is 9.96. The van der Waals surface area contributed by atoms with Gasteiger partial charge in [0.2, 0.25) is 0 Å². The normalized spacial score (nSPS) is 22.6. The number of nitro benzene ring substituents is 1. The first kappa shape index (κ1) is 12.5. The Hall–Kier alpha value is -1.93. The summed E-state index contributed by atoms with van der Waals surface area (Å²) in [5, 5.41) is 20.1. The molecule has 94 valence electrons. The van der Waals surface area contributed by atoms with Gasteiger partial charge in [0, 0.05) is 18.2 Å². The van der Waals surface area contributed by atoms with E-state index in [1.807, 2.05) is 0 Å². The van der Waals surface area contributed by atoms with E-state index in [9.17, 15) is 15.4 Å². The lowest BCUT2D eigenvalue weighted by atomic mass is 9.83. The van der Waals surface area contributed by atoms with Gasteiger partial charge in [0.25, 0.3) is 5.69 Å². The van der Waals surface area contributed by atoms with E-state index < -0.39 is 5.41 Å². The maximum Gasteiger partial charge on any atom is 0.272 e. The molecule has 1 heterocycles. The Morgan fingerprint density at radius 1 is 1.50 bits per heavy atom. The quantitative estimate of drug-likeness (QED) is 0.604. The number of aryl methyl sites for hydroxylation is 1. The van der Waals surface area contributed by atoms with Crippen LogP contribution in [-0.4, -0.2) is 18.1 Å². The second-order valence-electron chi connectivity index (χ2n) is 4.58. The van der Waals surface area contributed by atoms with Crippen LogP contribution in [-0.2, 0) is 11.2 Å². The first-order valence-electron chi connectivity index (χ1n) is 5.88. The number of nitrogens with zero attached hydrogens (tertiary/aromatic N) is 2. The molecule has 5 nitrogen and oxygen atoms in total. The molecule has 1 aromatic rings. The average Bonchev–Trinajstić information content (AvgIpc) is 2.86. The van der Waals surface area contributed by atoms with Crippen LogP contribution in [0.25, 0.3) is 0 Å². The third kappa shape index (κ3) is 2.49. The summed E-state index contributed by atoms with van der Waals surface area (Å²) >= 11 is 0. The van der Waals surface area contributed by atoms with Gasteiger partial charge in [0.05, 0.1) is 23.0 Å². The molecule has 1 atom stereocenters. The highest BCUT2D eigenvalue weighted by molar-refractivity contribution is 5.40. The largest absolute Gasteiger partial charge is 0.380 e. The zero-order chi connectivity index (χ0) is 13.0. The van der Waals surface area contributed by atoms with Gasteiger partial charge < -0.3 is 4.74 Å². The lowest BCUT2D eigenvalue weighted by molar-refractivity contribution is -0.385. The molecule has 1 unspecified atom stereocenters. The van der Waals surface area contributed by atoms with Crippen molar-refractivity contribution >= 4 is 5.69 Å². The molecule has 0 aromatic heterocycles. The number of nitriles is 1. The highest BCUT2D eigenvalue weighted by Gasteiger charge is 2.35. The molecule has 1 aliphatic heterocycles. The van der Waals surface area contributed by atoms with Crippen LogP contribution in [0.1, 0.15) is 18.4 Å². The van der Waals surface area contributed by atoms with E-state index in [0.29, 0.717) is 38.0 Å². The van der Waals surface area contributed by atoms with Crippen molar-refractivity contribution in [3.05, 3.63) is 39.9 Å². The van der Waals surface area contributed by atoms with Crippen molar-refractivity contribution in [1.29, 1.82) is 5.26 Å². The Bertz CT molecular complexity index is 487. The van der Waals surface area contributed by atoms with E-state index in [2.05, 4.69) is 6.07 Å². The summed E-state index contributed by atoms with van der Waals surface area (Å²) < 4.78 is 5.26. The number of hydrogen-bond acceptors (Lipinski definition) is 4. The second-order valence-corrected chi connectivity index (χ2v) is 4.58. The summed E-state index contributed by atoms with van der Waals surface area (Å²) in [5.74, 6) is 0. The van der Waals surface area contributed by atoms with Gasteiger partial charge in [0.1, 0.15) is 0 Å². The molecule has 1 saturated heterocycles. The van der Waals surface area contributed by atoms with Gasteiger partial charge in [-0.3, -0.25) is 10.1 Å². The number of hydrogen-bond donors (Lipinski definition) is 0. The maximum atomic E-state index is 10.9. The molecule has 5 heteroatoms. The molecule has 0 amide bonds. The summed E-state index contributed by atoms with van der Waals surface area (Å²) in [7, 11) is 0. The molecular weight excluding hydrogens is 232 g/mol. The second kappa shape index (κ2) is 5.15. The minimum atomic E-state index is -0.469. The van der Waals surface area contributed by atoms with Crippen molar-refractivity contribution in [3.63, 3.8) is 0 Å². The Kier molecular flexibility index (Phi) is 3.58. The number of nitro groups is 1. The fourth-order valence-electron chi connectivity index (χ4n) is 2.22. The number of para-hydroxylation sites is 1. The van der Waals surface area contributed by atoms with E-state index >= 15 is 0 Å². The molecule has 0 aliphatic carbocycles. The first-order valence-corrected chi connectivity index (χ1v) is 5.88. The molecule has 2 rings (SSSR count). The van der Waals surface area contributed by atoms with Crippen LogP contribution in [0.5, 0.6) is 0 Å². The van der Waals surface area contributed by atoms with Crippen LogP contribution in [0, 0.1) is 26.9 Å². The molecular formula is C13H14N2O3. The minimum Gasteiger partial charge on any atom is -0.380 e. The van der Waals surface area contributed by atoms with Crippen LogP contribution in [0.2, 0.25) is 0 Å². The number of ether oxygens (including phenoxy) is 1. The third-order valence-electron chi connectivity index (χ3n) is 3.40. The molecule has 0 saturated carbocycles. The fraction of sp³-hybridized carbons (Fsp3) is 0.462. The van der Waals surface area contributed by atoms with Crippen molar-refractivity contribution in [2.24, 2.45) is 5.41 Å². The standard InChI is InChI=1S/C13H14N2O3/c14-9-13(7-8-18-10-13)6-5-11-3-1-2-4-12(11)15(16)17/h1-4H,5-8,10H2. The molecule has 1 aliphatic rings. The first-order chi connectivity index (χ1) is 8.67. The van der Waals surface area contributed by atoms with E-state index in [1.165, 1.54) is 6.07 Å². The molecule has 0 spiro atoms. The lowest BCUT2D eigenvalue weighted by Gasteiger charge is -2.17. The van der Waals surface area contributed by atoms with Gasteiger partial charge in [-0.15, -0.1) is 0 Å². The Balaban J connectivity index is 2.11. The monoisotopic (exact) mass is 246 g/mol. The van der Waals surface area contributed by atoms with Crippen molar-refractivity contribution in [1.82, 2.24) is 0 Å². The Morgan fingerprint density at radius 3 is 2.89 bits per heavy atom. The van der Waals surface area contributed by atoms with Crippen molar-refractivity contribution in [2.75, 3.05) is 13.2 Å². The van der Waals surface area contributed by atoms with Crippen molar-refractivity contribution in [2.45, 2.75) is 19.3 Å². The van der Waals surface area contributed by atoms with Crippen LogP contribution in [0.3, 0.4) is 0 Å². The topological polar surface area (TPSA) is 76.2 Å². The summed E-state index contributed by atoms with van der Waals surface area (Å²) in [5.41, 5.74) is 0.345. The van der Waals surface area contributed by atoms with Crippen molar-refractivity contribution < 1.29 is 9.66 Å². The molecule has 1 fully saturated rings. The molecule has 0 N–H and O–H groups in total. The highest BCUT2D eigenvalue weighted by atomic mass is 16.6. The van der Waals surface area contributed by atoms with E-state index in [-0.39, 0.29) is 10.6 Å². The highest BCUT2D eigenvalue weighted by Crippen LogP contribution is 2.34.